The van der Waals surface area contributed by atoms with E-state index in [-0.39, 0.29) is 11.4 Å². The lowest BCUT2D eigenvalue weighted by molar-refractivity contribution is 0.271. The van der Waals surface area contributed by atoms with E-state index in [1.807, 2.05) is 7.05 Å². The molecule has 0 saturated heterocycles. The molecule has 0 radical (unpaired) electrons. The largest absolute Gasteiger partial charge is 0.465 e. The molecule has 0 atom stereocenters. The Morgan fingerprint density at radius 2 is 1.90 bits per heavy atom. The van der Waals surface area contributed by atoms with Gasteiger partial charge >= 0.3 is 0 Å². The summed E-state index contributed by atoms with van der Waals surface area (Å²) in [7, 11) is -1.55. The van der Waals surface area contributed by atoms with Crippen molar-refractivity contribution in [3.05, 3.63) is 17.1 Å². The van der Waals surface area contributed by atoms with Gasteiger partial charge in [-0.05, 0) is 47.7 Å². The van der Waals surface area contributed by atoms with Crippen LogP contribution >= 0.6 is 0 Å². The summed E-state index contributed by atoms with van der Waals surface area (Å²) in [5.41, 5.74) is 6.19. The maximum Gasteiger partial charge on any atom is 0.244 e. The van der Waals surface area contributed by atoms with Crippen LogP contribution in [0, 0.1) is 13.8 Å². The highest BCUT2D eigenvalue weighted by Crippen LogP contribution is 2.25. The van der Waals surface area contributed by atoms with Crippen LogP contribution in [0.4, 0.5) is 0 Å². The number of nitrogens with two attached hydrogens (primary N) is 1. The SMILES string of the molecule is Cc1oc(C)c(S(=O)(=O)NCCCN(C)C(C)C)c1CN. The molecule has 0 bridgehead atoms. The summed E-state index contributed by atoms with van der Waals surface area (Å²) < 4.78 is 32.8. The van der Waals surface area contributed by atoms with Gasteiger partial charge in [-0.15, -0.1) is 0 Å². The van der Waals surface area contributed by atoms with Crippen molar-refractivity contribution in [1.29, 1.82) is 0 Å². The number of hydrogen-bond donors (Lipinski definition) is 2. The van der Waals surface area contributed by atoms with Crippen LogP contribution in [0.2, 0.25) is 0 Å². The van der Waals surface area contributed by atoms with E-state index in [4.69, 9.17) is 10.2 Å². The van der Waals surface area contributed by atoms with Crippen LogP contribution in [-0.4, -0.2) is 39.5 Å². The van der Waals surface area contributed by atoms with Crippen LogP contribution in [0.1, 0.15) is 37.4 Å². The van der Waals surface area contributed by atoms with Crippen LogP contribution in [0.5, 0.6) is 0 Å². The van der Waals surface area contributed by atoms with E-state index >= 15 is 0 Å². The second kappa shape index (κ2) is 7.40. The lowest BCUT2D eigenvalue weighted by atomic mass is 10.2. The monoisotopic (exact) mass is 317 g/mol. The average molecular weight is 317 g/mol. The first kappa shape index (κ1) is 18.2. The molecule has 0 spiro atoms. The Kier molecular flexibility index (Phi) is 6.40. The van der Waals surface area contributed by atoms with E-state index in [1.165, 1.54) is 0 Å². The van der Waals surface area contributed by atoms with Crippen molar-refractivity contribution in [2.75, 3.05) is 20.1 Å². The number of rotatable bonds is 8. The van der Waals surface area contributed by atoms with Gasteiger partial charge in [-0.2, -0.15) is 0 Å². The highest BCUT2D eigenvalue weighted by molar-refractivity contribution is 7.89. The minimum absolute atomic E-state index is 0.148. The van der Waals surface area contributed by atoms with Gasteiger partial charge in [-0.3, -0.25) is 0 Å². The van der Waals surface area contributed by atoms with E-state index in [0.717, 1.165) is 13.0 Å². The van der Waals surface area contributed by atoms with Gasteiger partial charge in [0.1, 0.15) is 16.4 Å². The zero-order chi connectivity index (χ0) is 16.2. The highest BCUT2D eigenvalue weighted by atomic mass is 32.2. The molecule has 0 amide bonds. The molecule has 1 rings (SSSR count). The predicted molar refractivity (Wildman–Crippen MR) is 83.6 cm³/mol. The molecule has 0 fully saturated rings. The third kappa shape index (κ3) is 4.54. The highest BCUT2D eigenvalue weighted by Gasteiger charge is 2.25. The lowest BCUT2D eigenvalue weighted by Gasteiger charge is -2.20. The van der Waals surface area contributed by atoms with Gasteiger partial charge in [0.15, 0.2) is 0 Å². The summed E-state index contributed by atoms with van der Waals surface area (Å²) in [4.78, 5) is 2.37. The van der Waals surface area contributed by atoms with Gasteiger partial charge in [-0.1, -0.05) is 0 Å². The molecule has 0 saturated carbocycles. The standard InChI is InChI=1S/C14H27N3O3S/c1-10(2)17(5)8-6-7-16-21(18,19)14-12(4)20-11(3)13(14)9-15/h10,16H,6-9,15H2,1-5H3. The molecule has 0 aliphatic rings. The molecule has 3 N–H and O–H groups in total. The normalized spacial score (nSPS) is 12.6. The fourth-order valence-electron chi connectivity index (χ4n) is 2.16. The summed E-state index contributed by atoms with van der Waals surface area (Å²) in [6.45, 7) is 8.97. The Morgan fingerprint density at radius 3 is 2.43 bits per heavy atom. The summed E-state index contributed by atoms with van der Waals surface area (Å²) in [5, 5.41) is 0. The molecule has 1 aromatic heterocycles. The van der Waals surface area contributed by atoms with Crippen LogP contribution in [0.25, 0.3) is 0 Å². The fourth-order valence-corrected chi connectivity index (χ4v) is 3.69. The first-order valence-corrected chi connectivity index (χ1v) is 8.67. The Bertz CT molecular complexity index is 564. The van der Waals surface area contributed by atoms with Gasteiger partial charge in [0.05, 0.1) is 0 Å². The molecule has 0 aliphatic carbocycles. The molecule has 0 aliphatic heterocycles. The van der Waals surface area contributed by atoms with Gasteiger partial charge in [0, 0.05) is 24.7 Å². The minimum atomic E-state index is -3.57. The van der Waals surface area contributed by atoms with Crippen molar-refractivity contribution in [2.45, 2.75) is 51.6 Å². The van der Waals surface area contributed by atoms with Crippen molar-refractivity contribution >= 4 is 10.0 Å². The molecule has 7 heteroatoms. The van der Waals surface area contributed by atoms with E-state index < -0.39 is 10.0 Å². The Hall–Kier alpha value is -0.890. The molecule has 0 unspecified atom stereocenters. The molecule has 122 valence electrons. The van der Waals surface area contributed by atoms with Crippen molar-refractivity contribution in [2.24, 2.45) is 5.73 Å². The van der Waals surface area contributed by atoms with Crippen molar-refractivity contribution in [1.82, 2.24) is 9.62 Å². The summed E-state index contributed by atoms with van der Waals surface area (Å²) >= 11 is 0. The van der Waals surface area contributed by atoms with Gasteiger partial charge in [0.2, 0.25) is 10.0 Å². The van der Waals surface area contributed by atoms with Crippen LogP contribution in [0.3, 0.4) is 0 Å². The molecule has 0 aromatic carbocycles. The van der Waals surface area contributed by atoms with E-state index in [2.05, 4.69) is 23.5 Å². The second-order valence-corrected chi connectivity index (χ2v) is 7.26. The molecule has 6 nitrogen and oxygen atoms in total. The van der Waals surface area contributed by atoms with Crippen LogP contribution < -0.4 is 10.5 Å². The smallest absolute Gasteiger partial charge is 0.244 e. The Morgan fingerprint density at radius 1 is 1.29 bits per heavy atom. The first-order valence-electron chi connectivity index (χ1n) is 7.19. The number of hydrogen-bond acceptors (Lipinski definition) is 5. The topological polar surface area (TPSA) is 88.6 Å². The summed E-state index contributed by atoms with van der Waals surface area (Å²) in [6.07, 6.45) is 0.752. The number of nitrogens with zero attached hydrogens (tertiary/aromatic N) is 1. The number of aryl methyl sites for hydroxylation is 2. The van der Waals surface area contributed by atoms with E-state index in [0.29, 0.717) is 29.7 Å². The lowest BCUT2D eigenvalue weighted by Crippen LogP contribution is -2.31. The fraction of sp³-hybridized carbons (Fsp3) is 0.714. The summed E-state index contributed by atoms with van der Waals surface area (Å²) in [5.74, 6) is 0.953. The third-order valence-electron chi connectivity index (χ3n) is 3.66. The third-order valence-corrected chi connectivity index (χ3v) is 5.31. The first-order chi connectivity index (χ1) is 9.70. The average Bonchev–Trinajstić information content (AvgIpc) is 2.68. The van der Waals surface area contributed by atoms with Crippen molar-refractivity contribution in [3.63, 3.8) is 0 Å². The molecular weight excluding hydrogens is 290 g/mol. The van der Waals surface area contributed by atoms with Crippen LogP contribution in [-0.2, 0) is 16.6 Å². The molecular formula is C14H27N3O3S. The number of sulfonamides is 1. The Balaban J connectivity index is 2.71. The molecule has 21 heavy (non-hydrogen) atoms. The maximum atomic E-state index is 12.4. The van der Waals surface area contributed by atoms with E-state index in [9.17, 15) is 8.42 Å². The second-order valence-electron chi connectivity index (χ2n) is 5.55. The van der Waals surface area contributed by atoms with E-state index in [1.54, 1.807) is 13.8 Å². The summed E-state index contributed by atoms with van der Waals surface area (Å²) in [6, 6.07) is 0.448. The van der Waals surface area contributed by atoms with Gasteiger partial charge in [0.25, 0.3) is 0 Å². The maximum absolute atomic E-state index is 12.4. The molecule has 1 heterocycles. The Labute approximate surface area is 127 Å². The van der Waals surface area contributed by atoms with Crippen LogP contribution in [0.15, 0.2) is 9.31 Å². The van der Waals surface area contributed by atoms with Crippen molar-refractivity contribution in [3.8, 4) is 0 Å². The zero-order valence-corrected chi connectivity index (χ0v) is 14.4. The number of furan rings is 1. The van der Waals surface area contributed by atoms with Crippen molar-refractivity contribution < 1.29 is 12.8 Å². The van der Waals surface area contributed by atoms with Gasteiger partial charge in [-0.25, -0.2) is 13.1 Å². The quantitative estimate of drug-likeness (QED) is 0.707. The number of nitrogens with one attached hydrogen (secondary N) is 1. The van der Waals surface area contributed by atoms with Gasteiger partial charge < -0.3 is 15.1 Å². The zero-order valence-electron chi connectivity index (χ0n) is 13.6. The predicted octanol–water partition coefficient (Wildman–Crippen LogP) is 1.36. The minimum Gasteiger partial charge on any atom is -0.465 e. The molecule has 1 aromatic rings.